The standard InChI is InChI=1S/C15H21N/c1-2-11-5-3-4-6-14(11)15-9-12(15)10-16-13-7-8-13/h3-6,12-13,15-16H,2,7-10H2,1H3. The van der Waals surface area contributed by atoms with E-state index in [0.717, 1.165) is 17.9 Å². The summed E-state index contributed by atoms with van der Waals surface area (Å²) in [4.78, 5) is 0. The number of hydrogen-bond donors (Lipinski definition) is 1. The van der Waals surface area contributed by atoms with Crippen LogP contribution in [-0.4, -0.2) is 12.6 Å². The summed E-state index contributed by atoms with van der Waals surface area (Å²) in [5.74, 6) is 1.76. The van der Waals surface area contributed by atoms with E-state index in [-0.39, 0.29) is 0 Å². The van der Waals surface area contributed by atoms with Crippen molar-refractivity contribution in [1.29, 1.82) is 0 Å². The van der Waals surface area contributed by atoms with Crippen LogP contribution in [0.25, 0.3) is 0 Å². The molecule has 2 fully saturated rings. The Hall–Kier alpha value is -0.820. The smallest absolute Gasteiger partial charge is 0.00683 e. The molecular weight excluding hydrogens is 194 g/mol. The molecule has 0 spiro atoms. The minimum Gasteiger partial charge on any atom is -0.314 e. The van der Waals surface area contributed by atoms with E-state index in [0.29, 0.717) is 0 Å². The molecule has 0 radical (unpaired) electrons. The second-order valence-corrected chi connectivity index (χ2v) is 5.34. The zero-order chi connectivity index (χ0) is 11.0. The Morgan fingerprint density at radius 2 is 2.06 bits per heavy atom. The molecule has 0 saturated heterocycles. The van der Waals surface area contributed by atoms with E-state index in [1.54, 1.807) is 11.1 Å². The normalized spacial score (nSPS) is 28.1. The van der Waals surface area contributed by atoms with E-state index >= 15 is 0 Å². The molecular formula is C15H21N. The maximum absolute atomic E-state index is 3.66. The van der Waals surface area contributed by atoms with Gasteiger partial charge < -0.3 is 5.32 Å². The highest BCUT2D eigenvalue weighted by Gasteiger charge is 2.39. The quantitative estimate of drug-likeness (QED) is 0.796. The third-order valence-electron chi connectivity index (χ3n) is 4.00. The second kappa shape index (κ2) is 4.21. The van der Waals surface area contributed by atoms with Crippen LogP contribution in [0.15, 0.2) is 24.3 Å². The van der Waals surface area contributed by atoms with Gasteiger partial charge in [-0.2, -0.15) is 0 Å². The Kier molecular flexibility index (Phi) is 2.72. The van der Waals surface area contributed by atoms with Crippen molar-refractivity contribution in [3.8, 4) is 0 Å². The highest BCUT2D eigenvalue weighted by molar-refractivity contribution is 5.34. The molecule has 2 unspecified atom stereocenters. The molecule has 0 aliphatic heterocycles. The van der Waals surface area contributed by atoms with Gasteiger partial charge in [-0.1, -0.05) is 31.2 Å². The van der Waals surface area contributed by atoms with Crippen molar-refractivity contribution in [2.75, 3.05) is 6.54 Å². The van der Waals surface area contributed by atoms with Crippen molar-refractivity contribution in [2.24, 2.45) is 5.92 Å². The molecule has 2 aliphatic rings. The SMILES string of the molecule is CCc1ccccc1C1CC1CNC1CC1. The van der Waals surface area contributed by atoms with Gasteiger partial charge in [0.1, 0.15) is 0 Å². The molecule has 3 rings (SSSR count). The van der Waals surface area contributed by atoms with Gasteiger partial charge in [-0.05, 0) is 55.2 Å². The topological polar surface area (TPSA) is 12.0 Å². The van der Waals surface area contributed by atoms with E-state index in [9.17, 15) is 0 Å². The summed E-state index contributed by atoms with van der Waals surface area (Å²) in [5, 5.41) is 3.66. The second-order valence-electron chi connectivity index (χ2n) is 5.34. The molecule has 0 heterocycles. The summed E-state index contributed by atoms with van der Waals surface area (Å²) in [6.45, 7) is 3.51. The van der Waals surface area contributed by atoms with Gasteiger partial charge in [0.2, 0.25) is 0 Å². The van der Waals surface area contributed by atoms with E-state index in [2.05, 4.69) is 36.5 Å². The summed E-state index contributed by atoms with van der Waals surface area (Å²) in [5.41, 5.74) is 3.18. The number of benzene rings is 1. The van der Waals surface area contributed by atoms with Crippen LogP contribution in [-0.2, 0) is 6.42 Å². The van der Waals surface area contributed by atoms with Crippen LogP contribution in [0.3, 0.4) is 0 Å². The number of hydrogen-bond acceptors (Lipinski definition) is 1. The molecule has 86 valence electrons. The van der Waals surface area contributed by atoms with Crippen molar-refractivity contribution in [1.82, 2.24) is 5.32 Å². The first kappa shape index (κ1) is 10.3. The van der Waals surface area contributed by atoms with Gasteiger partial charge in [0.05, 0.1) is 0 Å². The summed E-state index contributed by atoms with van der Waals surface area (Å²) < 4.78 is 0. The Morgan fingerprint density at radius 1 is 1.25 bits per heavy atom. The van der Waals surface area contributed by atoms with E-state index in [1.807, 2.05) is 0 Å². The first-order valence-corrected chi connectivity index (χ1v) is 6.69. The van der Waals surface area contributed by atoms with Crippen LogP contribution in [0.2, 0.25) is 0 Å². The van der Waals surface area contributed by atoms with Crippen LogP contribution < -0.4 is 5.32 Å². The molecule has 0 aromatic heterocycles. The van der Waals surface area contributed by atoms with E-state index in [1.165, 1.54) is 32.2 Å². The van der Waals surface area contributed by atoms with Crippen LogP contribution >= 0.6 is 0 Å². The number of nitrogens with one attached hydrogen (secondary N) is 1. The van der Waals surface area contributed by atoms with Crippen molar-refractivity contribution in [3.05, 3.63) is 35.4 Å². The van der Waals surface area contributed by atoms with Crippen molar-refractivity contribution < 1.29 is 0 Å². The Balaban J connectivity index is 1.60. The largest absolute Gasteiger partial charge is 0.314 e. The average molecular weight is 215 g/mol. The summed E-state index contributed by atoms with van der Waals surface area (Å²) >= 11 is 0. The zero-order valence-electron chi connectivity index (χ0n) is 10.1. The third-order valence-corrected chi connectivity index (χ3v) is 4.00. The monoisotopic (exact) mass is 215 g/mol. The van der Waals surface area contributed by atoms with Gasteiger partial charge >= 0.3 is 0 Å². The molecule has 1 aromatic carbocycles. The first-order chi connectivity index (χ1) is 7.88. The first-order valence-electron chi connectivity index (χ1n) is 6.69. The summed E-state index contributed by atoms with van der Waals surface area (Å²) in [7, 11) is 0. The molecule has 2 atom stereocenters. The summed E-state index contributed by atoms with van der Waals surface area (Å²) in [6.07, 6.45) is 5.39. The Bertz CT molecular complexity index is 367. The van der Waals surface area contributed by atoms with Crippen LogP contribution in [0.1, 0.15) is 43.2 Å². The molecule has 1 aromatic rings. The minimum atomic E-state index is 0.849. The van der Waals surface area contributed by atoms with Gasteiger partial charge in [0.25, 0.3) is 0 Å². The molecule has 1 N–H and O–H groups in total. The van der Waals surface area contributed by atoms with Crippen LogP contribution in [0.4, 0.5) is 0 Å². The van der Waals surface area contributed by atoms with Gasteiger partial charge in [-0.3, -0.25) is 0 Å². The minimum absolute atomic E-state index is 0.849. The van der Waals surface area contributed by atoms with Gasteiger partial charge in [-0.25, -0.2) is 0 Å². The van der Waals surface area contributed by atoms with Gasteiger partial charge in [0, 0.05) is 6.04 Å². The maximum atomic E-state index is 3.66. The van der Waals surface area contributed by atoms with Crippen LogP contribution in [0.5, 0.6) is 0 Å². The lowest BCUT2D eigenvalue weighted by Gasteiger charge is -2.07. The lowest BCUT2D eigenvalue weighted by atomic mass is 10.0. The zero-order valence-corrected chi connectivity index (χ0v) is 10.1. The summed E-state index contributed by atoms with van der Waals surface area (Å²) in [6, 6.07) is 9.85. The molecule has 16 heavy (non-hydrogen) atoms. The Labute approximate surface area is 98.3 Å². The van der Waals surface area contributed by atoms with E-state index < -0.39 is 0 Å². The van der Waals surface area contributed by atoms with Crippen LogP contribution in [0, 0.1) is 5.92 Å². The molecule has 2 aliphatic carbocycles. The maximum Gasteiger partial charge on any atom is 0.00683 e. The third kappa shape index (κ3) is 2.15. The highest BCUT2D eigenvalue weighted by atomic mass is 15.0. The lowest BCUT2D eigenvalue weighted by Crippen LogP contribution is -2.19. The molecule has 0 amide bonds. The predicted octanol–water partition coefficient (Wildman–Crippen LogP) is 3.10. The van der Waals surface area contributed by atoms with Gasteiger partial charge in [0.15, 0.2) is 0 Å². The highest BCUT2D eigenvalue weighted by Crippen LogP contribution is 2.48. The molecule has 1 nitrogen and oxygen atoms in total. The number of aryl methyl sites for hydroxylation is 1. The fourth-order valence-corrected chi connectivity index (χ4v) is 2.68. The number of rotatable bonds is 5. The lowest BCUT2D eigenvalue weighted by molar-refractivity contribution is 0.623. The van der Waals surface area contributed by atoms with Gasteiger partial charge in [-0.15, -0.1) is 0 Å². The average Bonchev–Trinajstić information content (AvgIpc) is 3.20. The fraction of sp³-hybridized carbons (Fsp3) is 0.600. The predicted molar refractivity (Wildman–Crippen MR) is 67.7 cm³/mol. The van der Waals surface area contributed by atoms with Crippen molar-refractivity contribution in [2.45, 2.75) is 44.6 Å². The van der Waals surface area contributed by atoms with E-state index in [4.69, 9.17) is 0 Å². The molecule has 0 bridgehead atoms. The Morgan fingerprint density at radius 3 is 2.81 bits per heavy atom. The van der Waals surface area contributed by atoms with Crippen molar-refractivity contribution >= 4 is 0 Å². The fourth-order valence-electron chi connectivity index (χ4n) is 2.68. The molecule has 2 saturated carbocycles. The molecule has 1 heteroatoms. The van der Waals surface area contributed by atoms with Crippen molar-refractivity contribution in [3.63, 3.8) is 0 Å².